The molecule has 1 heterocycles. The third kappa shape index (κ3) is 3.26. The minimum Gasteiger partial charge on any atom is -0.507 e. The Labute approximate surface area is 114 Å². The number of rotatable bonds is 3. The van der Waals surface area contributed by atoms with E-state index in [9.17, 15) is 9.90 Å². The first-order chi connectivity index (χ1) is 9.11. The molecule has 1 aliphatic rings. The molecule has 4 nitrogen and oxygen atoms in total. The maximum Gasteiger partial charge on any atom is 0.257 e. The van der Waals surface area contributed by atoms with Crippen molar-refractivity contribution in [1.82, 2.24) is 4.90 Å². The van der Waals surface area contributed by atoms with Gasteiger partial charge in [0.2, 0.25) is 0 Å². The van der Waals surface area contributed by atoms with E-state index in [0.29, 0.717) is 11.5 Å². The minimum atomic E-state index is -0.0756. The second-order valence-corrected chi connectivity index (χ2v) is 5.21. The standard InChI is InChI=1S/C15H21NO3/c1-11-3-4-13(14(17)9-11)15(18)16-7-5-12(6-8-16)10-19-2/h3-4,9,12,17H,5-8,10H2,1-2H3. The molecule has 0 bridgehead atoms. The Bertz CT molecular complexity index is 451. The number of methoxy groups -OCH3 is 1. The number of piperidine rings is 1. The lowest BCUT2D eigenvalue weighted by atomic mass is 9.97. The van der Waals surface area contributed by atoms with Crippen molar-refractivity contribution in [3.8, 4) is 5.75 Å². The minimum absolute atomic E-state index is 0.0732. The lowest BCUT2D eigenvalue weighted by Crippen LogP contribution is -2.39. The SMILES string of the molecule is COCC1CCN(C(=O)c2ccc(C)cc2O)CC1. The predicted octanol–water partition coefficient (Wildman–Crippen LogP) is 2.20. The third-order valence-electron chi connectivity index (χ3n) is 3.69. The maximum absolute atomic E-state index is 12.3. The van der Waals surface area contributed by atoms with E-state index in [2.05, 4.69) is 0 Å². The van der Waals surface area contributed by atoms with Crippen LogP contribution in [0.3, 0.4) is 0 Å². The third-order valence-corrected chi connectivity index (χ3v) is 3.69. The van der Waals surface area contributed by atoms with Crippen LogP contribution in [0, 0.1) is 12.8 Å². The Balaban J connectivity index is 2.01. The number of ether oxygens (including phenoxy) is 1. The van der Waals surface area contributed by atoms with Crippen molar-refractivity contribution >= 4 is 5.91 Å². The second kappa shape index (κ2) is 6.06. The molecule has 0 aromatic heterocycles. The van der Waals surface area contributed by atoms with Gasteiger partial charge in [-0.1, -0.05) is 6.07 Å². The summed E-state index contributed by atoms with van der Waals surface area (Å²) in [5.74, 6) is 0.540. The van der Waals surface area contributed by atoms with Crippen LogP contribution in [0.4, 0.5) is 0 Å². The number of aryl methyl sites for hydroxylation is 1. The average Bonchev–Trinajstić information content (AvgIpc) is 2.39. The van der Waals surface area contributed by atoms with E-state index in [-0.39, 0.29) is 11.7 Å². The quantitative estimate of drug-likeness (QED) is 0.909. The Morgan fingerprint density at radius 2 is 2.11 bits per heavy atom. The van der Waals surface area contributed by atoms with Gasteiger partial charge < -0.3 is 14.7 Å². The molecule has 1 fully saturated rings. The summed E-state index contributed by atoms with van der Waals surface area (Å²) < 4.78 is 5.15. The molecule has 1 aromatic rings. The summed E-state index contributed by atoms with van der Waals surface area (Å²) in [6, 6.07) is 5.18. The fourth-order valence-corrected chi connectivity index (χ4v) is 2.53. The van der Waals surface area contributed by atoms with Crippen molar-refractivity contribution in [2.75, 3.05) is 26.8 Å². The van der Waals surface area contributed by atoms with Gasteiger partial charge in [-0.2, -0.15) is 0 Å². The Morgan fingerprint density at radius 3 is 2.68 bits per heavy atom. The van der Waals surface area contributed by atoms with Gasteiger partial charge in [-0.25, -0.2) is 0 Å². The highest BCUT2D eigenvalue weighted by Gasteiger charge is 2.24. The van der Waals surface area contributed by atoms with Gasteiger partial charge in [-0.15, -0.1) is 0 Å². The number of carbonyl (C=O) groups is 1. The van der Waals surface area contributed by atoms with Gasteiger partial charge in [0.05, 0.1) is 5.56 Å². The molecular formula is C15H21NO3. The highest BCUT2D eigenvalue weighted by Crippen LogP contribution is 2.24. The number of nitrogens with zero attached hydrogens (tertiary/aromatic N) is 1. The number of benzene rings is 1. The summed E-state index contributed by atoms with van der Waals surface area (Å²) in [4.78, 5) is 14.1. The van der Waals surface area contributed by atoms with Crippen LogP contribution in [0.25, 0.3) is 0 Å². The highest BCUT2D eigenvalue weighted by molar-refractivity contribution is 5.96. The van der Waals surface area contributed by atoms with E-state index < -0.39 is 0 Å². The average molecular weight is 263 g/mol. The monoisotopic (exact) mass is 263 g/mol. The normalized spacial score (nSPS) is 16.6. The number of carbonyl (C=O) groups excluding carboxylic acids is 1. The lowest BCUT2D eigenvalue weighted by Gasteiger charge is -2.31. The number of hydrogen-bond acceptors (Lipinski definition) is 3. The van der Waals surface area contributed by atoms with Crippen LogP contribution in [-0.2, 0) is 4.74 Å². The van der Waals surface area contributed by atoms with Gasteiger partial charge in [-0.05, 0) is 43.4 Å². The van der Waals surface area contributed by atoms with Crippen LogP contribution in [0.15, 0.2) is 18.2 Å². The van der Waals surface area contributed by atoms with Gasteiger partial charge >= 0.3 is 0 Å². The van der Waals surface area contributed by atoms with Crippen LogP contribution >= 0.6 is 0 Å². The van der Waals surface area contributed by atoms with E-state index in [0.717, 1.165) is 38.1 Å². The summed E-state index contributed by atoms with van der Waals surface area (Å²) in [7, 11) is 1.71. The Kier molecular flexibility index (Phi) is 4.43. The Morgan fingerprint density at radius 1 is 1.42 bits per heavy atom. The molecule has 1 N–H and O–H groups in total. The van der Waals surface area contributed by atoms with Crippen molar-refractivity contribution in [2.45, 2.75) is 19.8 Å². The van der Waals surface area contributed by atoms with E-state index in [1.807, 2.05) is 17.9 Å². The molecule has 1 aromatic carbocycles. The van der Waals surface area contributed by atoms with E-state index in [4.69, 9.17) is 4.74 Å². The van der Waals surface area contributed by atoms with Crippen LogP contribution in [0.2, 0.25) is 0 Å². The number of hydrogen-bond donors (Lipinski definition) is 1. The number of aromatic hydroxyl groups is 1. The van der Waals surface area contributed by atoms with Crippen molar-refractivity contribution in [3.05, 3.63) is 29.3 Å². The zero-order valence-corrected chi connectivity index (χ0v) is 11.6. The number of likely N-dealkylation sites (tertiary alicyclic amines) is 1. The van der Waals surface area contributed by atoms with E-state index >= 15 is 0 Å². The number of amides is 1. The molecular weight excluding hydrogens is 242 g/mol. The van der Waals surface area contributed by atoms with Gasteiger partial charge in [0.15, 0.2) is 0 Å². The Hall–Kier alpha value is -1.55. The highest BCUT2D eigenvalue weighted by atomic mass is 16.5. The first-order valence-electron chi connectivity index (χ1n) is 6.69. The lowest BCUT2D eigenvalue weighted by molar-refractivity contribution is 0.0611. The molecule has 0 spiro atoms. The van der Waals surface area contributed by atoms with Crippen LogP contribution < -0.4 is 0 Å². The molecule has 1 aliphatic heterocycles. The van der Waals surface area contributed by atoms with Gasteiger partial charge in [-0.3, -0.25) is 4.79 Å². The van der Waals surface area contributed by atoms with Crippen LogP contribution in [0.5, 0.6) is 5.75 Å². The van der Waals surface area contributed by atoms with Crippen molar-refractivity contribution in [2.24, 2.45) is 5.92 Å². The fourth-order valence-electron chi connectivity index (χ4n) is 2.53. The molecule has 0 unspecified atom stereocenters. The van der Waals surface area contributed by atoms with Crippen LogP contribution in [0.1, 0.15) is 28.8 Å². The molecule has 0 atom stereocenters. The first-order valence-corrected chi connectivity index (χ1v) is 6.69. The molecule has 1 saturated heterocycles. The van der Waals surface area contributed by atoms with Gasteiger partial charge in [0.25, 0.3) is 5.91 Å². The van der Waals surface area contributed by atoms with E-state index in [1.165, 1.54) is 0 Å². The zero-order valence-electron chi connectivity index (χ0n) is 11.6. The number of phenols is 1. The summed E-state index contributed by atoms with van der Waals surface area (Å²) >= 11 is 0. The fraction of sp³-hybridized carbons (Fsp3) is 0.533. The van der Waals surface area contributed by atoms with Crippen LogP contribution in [-0.4, -0.2) is 42.7 Å². The molecule has 4 heteroatoms. The molecule has 0 saturated carbocycles. The van der Waals surface area contributed by atoms with Gasteiger partial charge in [0, 0.05) is 26.8 Å². The summed E-state index contributed by atoms with van der Waals surface area (Å²) in [5.41, 5.74) is 1.35. The zero-order chi connectivity index (χ0) is 13.8. The van der Waals surface area contributed by atoms with Crippen molar-refractivity contribution < 1.29 is 14.6 Å². The molecule has 1 amide bonds. The predicted molar refractivity (Wildman–Crippen MR) is 73.3 cm³/mol. The van der Waals surface area contributed by atoms with E-state index in [1.54, 1.807) is 19.2 Å². The molecule has 19 heavy (non-hydrogen) atoms. The summed E-state index contributed by atoms with van der Waals surface area (Å²) in [5, 5.41) is 9.86. The smallest absolute Gasteiger partial charge is 0.257 e. The molecule has 104 valence electrons. The van der Waals surface area contributed by atoms with Crippen molar-refractivity contribution in [3.63, 3.8) is 0 Å². The van der Waals surface area contributed by atoms with Crippen molar-refractivity contribution in [1.29, 1.82) is 0 Å². The first kappa shape index (κ1) is 13.9. The number of phenolic OH excluding ortho intramolecular Hbond substituents is 1. The largest absolute Gasteiger partial charge is 0.507 e. The van der Waals surface area contributed by atoms with Gasteiger partial charge in [0.1, 0.15) is 5.75 Å². The molecule has 0 radical (unpaired) electrons. The maximum atomic E-state index is 12.3. The summed E-state index contributed by atoms with van der Waals surface area (Å²) in [6.45, 7) is 4.13. The second-order valence-electron chi connectivity index (χ2n) is 5.21. The topological polar surface area (TPSA) is 49.8 Å². The molecule has 2 rings (SSSR count). The summed E-state index contributed by atoms with van der Waals surface area (Å²) in [6.07, 6.45) is 1.93. The molecule has 0 aliphatic carbocycles.